The van der Waals surface area contributed by atoms with Gasteiger partial charge in [0.15, 0.2) is 5.78 Å². The predicted octanol–water partition coefficient (Wildman–Crippen LogP) is 3.88. The molecule has 0 saturated heterocycles. The molecular formula is C15H17FO. The van der Waals surface area contributed by atoms with E-state index in [-0.39, 0.29) is 22.9 Å². The molecule has 0 radical (unpaired) electrons. The van der Waals surface area contributed by atoms with Gasteiger partial charge in [-0.2, -0.15) is 0 Å². The fourth-order valence-electron chi connectivity index (χ4n) is 2.66. The Morgan fingerprint density at radius 2 is 2.12 bits per heavy atom. The largest absolute Gasteiger partial charge is 0.294 e. The van der Waals surface area contributed by atoms with Gasteiger partial charge in [-0.15, -0.1) is 0 Å². The van der Waals surface area contributed by atoms with E-state index in [0.717, 1.165) is 12.0 Å². The highest BCUT2D eigenvalue weighted by atomic mass is 19.1. The van der Waals surface area contributed by atoms with Crippen LogP contribution in [0.4, 0.5) is 4.39 Å². The van der Waals surface area contributed by atoms with Crippen molar-refractivity contribution in [2.45, 2.75) is 32.6 Å². The molecule has 1 unspecified atom stereocenters. The van der Waals surface area contributed by atoms with Crippen molar-refractivity contribution in [3.8, 4) is 0 Å². The van der Waals surface area contributed by atoms with Crippen molar-refractivity contribution < 1.29 is 9.18 Å². The van der Waals surface area contributed by atoms with E-state index in [1.54, 1.807) is 6.07 Å². The summed E-state index contributed by atoms with van der Waals surface area (Å²) in [6.07, 6.45) is 4.68. The zero-order valence-electron chi connectivity index (χ0n) is 10.5. The first-order valence-corrected chi connectivity index (χ1v) is 5.94. The average molecular weight is 232 g/mol. The SMILES string of the molecule is CC=CCC1C(=O)c2cc(F)ccc2C1(C)C. The Morgan fingerprint density at radius 3 is 2.76 bits per heavy atom. The van der Waals surface area contributed by atoms with Crippen LogP contribution in [0.3, 0.4) is 0 Å². The standard InChI is InChI=1S/C15H17FO/c1-4-5-6-13-14(17)11-9-10(16)7-8-12(11)15(13,2)3/h4-5,7-9,13H,6H2,1-3H3. The van der Waals surface area contributed by atoms with Crippen molar-refractivity contribution in [2.24, 2.45) is 5.92 Å². The van der Waals surface area contributed by atoms with Crippen molar-refractivity contribution in [3.05, 3.63) is 47.3 Å². The first-order chi connectivity index (χ1) is 7.98. The molecule has 0 aliphatic heterocycles. The summed E-state index contributed by atoms with van der Waals surface area (Å²) in [6, 6.07) is 4.55. The molecule has 1 aromatic rings. The highest BCUT2D eigenvalue weighted by Gasteiger charge is 2.44. The molecule has 0 N–H and O–H groups in total. The maximum atomic E-state index is 13.2. The molecule has 0 heterocycles. The molecule has 1 aliphatic carbocycles. The molecule has 2 rings (SSSR count). The van der Waals surface area contributed by atoms with Gasteiger partial charge in [-0.05, 0) is 31.0 Å². The van der Waals surface area contributed by atoms with Gasteiger partial charge in [0.2, 0.25) is 0 Å². The van der Waals surface area contributed by atoms with E-state index in [0.29, 0.717) is 5.56 Å². The Hall–Kier alpha value is -1.44. The topological polar surface area (TPSA) is 17.1 Å². The van der Waals surface area contributed by atoms with Gasteiger partial charge in [-0.3, -0.25) is 4.79 Å². The second kappa shape index (κ2) is 4.10. The summed E-state index contributed by atoms with van der Waals surface area (Å²) >= 11 is 0. The molecule has 0 saturated carbocycles. The Bertz CT molecular complexity index is 486. The molecule has 0 fully saturated rings. The summed E-state index contributed by atoms with van der Waals surface area (Å²) < 4.78 is 13.2. The first-order valence-electron chi connectivity index (χ1n) is 5.94. The van der Waals surface area contributed by atoms with Crippen molar-refractivity contribution in [2.75, 3.05) is 0 Å². The van der Waals surface area contributed by atoms with E-state index in [1.807, 2.05) is 19.1 Å². The van der Waals surface area contributed by atoms with Crippen LogP contribution in [-0.2, 0) is 5.41 Å². The molecule has 1 aromatic carbocycles. The minimum absolute atomic E-state index is 0.0719. The monoisotopic (exact) mass is 232 g/mol. The van der Waals surface area contributed by atoms with Gasteiger partial charge in [0, 0.05) is 16.9 Å². The quantitative estimate of drug-likeness (QED) is 0.707. The first kappa shape index (κ1) is 12.0. The molecule has 1 aliphatic rings. The number of benzene rings is 1. The molecule has 0 aromatic heterocycles. The normalized spacial score (nSPS) is 22.1. The lowest BCUT2D eigenvalue weighted by molar-refractivity contribution is 0.0899. The highest BCUT2D eigenvalue weighted by Crippen LogP contribution is 2.44. The average Bonchev–Trinajstić information content (AvgIpc) is 2.45. The number of rotatable bonds is 2. The number of allylic oxidation sites excluding steroid dienone is 2. The molecular weight excluding hydrogens is 215 g/mol. The Labute approximate surface area is 101 Å². The van der Waals surface area contributed by atoms with Crippen molar-refractivity contribution in [1.29, 1.82) is 0 Å². The lowest BCUT2D eigenvalue weighted by atomic mass is 9.76. The van der Waals surface area contributed by atoms with E-state index in [9.17, 15) is 9.18 Å². The Balaban J connectivity index is 2.48. The molecule has 90 valence electrons. The summed E-state index contributed by atoms with van der Waals surface area (Å²) in [4.78, 5) is 12.3. The molecule has 1 atom stereocenters. The van der Waals surface area contributed by atoms with Crippen LogP contribution < -0.4 is 0 Å². The van der Waals surface area contributed by atoms with Crippen LogP contribution in [0.2, 0.25) is 0 Å². The summed E-state index contributed by atoms with van der Waals surface area (Å²) in [6.45, 7) is 6.06. The van der Waals surface area contributed by atoms with E-state index in [4.69, 9.17) is 0 Å². The minimum Gasteiger partial charge on any atom is -0.294 e. The van der Waals surface area contributed by atoms with Crippen molar-refractivity contribution in [3.63, 3.8) is 0 Å². The smallest absolute Gasteiger partial charge is 0.167 e. The third-order valence-corrected chi connectivity index (χ3v) is 3.74. The van der Waals surface area contributed by atoms with Crippen LogP contribution in [0.25, 0.3) is 0 Å². The summed E-state index contributed by atoms with van der Waals surface area (Å²) in [5.74, 6) is -0.335. The van der Waals surface area contributed by atoms with Gasteiger partial charge in [-0.25, -0.2) is 4.39 Å². The molecule has 17 heavy (non-hydrogen) atoms. The fourth-order valence-corrected chi connectivity index (χ4v) is 2.66. The molecule has 1 nitrogen and oxygen atoms in total. The molecule has 0 spiro atoms. The van der Waals surface area contributed by atoms with Crippen molar-refractivity contribution in [1.82, 2.24) is 0 Å². The van der Waals surface area contributed by atoms with Gasteiger partial charge >= 0.3 is 0 Å². The lowest BCUT2D eigenvalue weighted by Crippen LogP contribution is -2.26. The summed E-state index contributed by atoms with van der Waals surface area (Å²) in [5.41, 5.74) is 1.32. The van der Waals surface area contributed by atoms with Crippen LogP contribution in [0.15, 0.2) is 30.4 Å². The number of hydrogen-bond donors (Lipinski definition) is 0. The number of carbonyl (C=O) groups excluding carboxylic acids is 1. The summed E-state index contributed by atoms with van der Waals surface area (Å²) in [5, 5.41) is 0. The second-order valence-corrected chi connectivity index (χ2v) is 5.13. The van der Waals surface area contributed by atoms with E-state index < -0.39 is 0 Å². The maximum absolute atomic E-state index is 13.2. The number of ketones is 1. The third-order valence-electron chi connectivity index (χ3n) is 3.74. The van der Waals surface area contributed by atoms with Crippen LogP contribution >= 0.6 is 0 Å². The van der Waals surface area contributed by atoms with E-state index in [1.165, 1.54) is 12.1 Å². The fraction of sp³-hybridized carbons (Fsp3) is 0.400. The van der Waals surface area contributed by atoms with Gasteiger partial charge in [0.1, 0.15) is 5.82 Å². The lowest BCUT2D eigenvalue weighted by Gasteiger charge is -2.26. The van der Waals surface area contributed by atoms with E-state index in [2.05, 4.69) is 13.8 Å². The zero-order valence-corrected chi connectivity index (χ0v) is 10.5. The third kappa shape index (κ3) is 1.82. The van der Waals surface area contributed by atoms with Crippen molar-refractivity contribution >= 4 is 5.78 Å². The Morgan fingerprint density at radius 1 is 1.41 bits per heavy atom. The van der Waals surface area contributed by atoms with E-state index >= 15 is 0 Å². The van der Waals surface area contributed by atoms with Gasteiger partial charge in [0.25, 0.3) is 0 Å². The van der Waals surface area contributed by atoms with Crippen LogP contribution in [0.5, 0.6) is 0 Å². The second-order valence-electron chi connectivity index (χ2n) is 5.13. The molecule has 2 heteroatoms. The number of halogens is 1. The molecule has 0 bridgehead atoms. The number of carbonyl (C=O) groups is 1. The highest BCUT2D eigenvalue weighted by molar-refractivity contribution is 6.04. The maximum Gasteiger partial charge on any atom is 0.167 e. The zero-order chi connectivity index (χ0) is 12.6. The van der Waals surface area contributed by atoms with Gasteiger partial charge < -0.3 is 0 Å². The predicted molar refractivity (Wildman–Crippen MR) is 66.7 cm³/mol. The van der Waals surface area contributed by atoms with Gasteiger partial charge in [0.05, 0.1) is 0 Å². The van der Waals surface area contributed by atoms with Crippen LogP contribution in [-0.4, -0.2) is 5.78 Å². The summed E-state index contributed by atoms with van der Waals surface area (Å²) in [7, 11) is 0. The number of Topliss-reactive ketones (excluding diaryl/α,β-unsaturated/α-hetero) is 1. The van der Waals surface area contributed by atoms with Gasteiger partial charge in [-0.1, -0.05) is 32.1 Å². The number of hydrogen-bond acceptors (Lipinski definition) is 1. The van der Waals surface area contributed by atoms with Crippen LogP contribution in [0, 0.1) is 11.7 Å². The number of fused-ring (bicyclic) bond motifs is 1. The minimum atomic E-state index is -0.334. The molecule has 0 amide bonds. The van der Waals surface area contributed by atoms with Crippen LogP contribution in [0.1, 0.15) is 43.1 Å². The Kier molecular flexibility index (Phi) is 2.90.